The van der Waals surface area contributed by atoms with E-state index in [2.05, 4.69) is 10.1 Å². The molecule has 0 unspecified atom stereocenters. The number of esters is 1. The minimum absolute atomic E-state index is 0.345. The Bertz CT molecular complexity index is 648. The average molecular weight is 276 g/mol. The Morgan fingerprint density at radius 2 is 2.15 bits per heavy atom. The molecule has 0 saturated carbocycles. The van der Waals surface area contributed by atoms with Crippen LogP contribution in [0.1, 0.15) is 29.9 Å². The summed E-state index contributed by atoms with van der Waals surface area (Å²) in [5, 5.41) is 5.29. The Hall–Kier alpha value is -2.11. The van der Waals surface area contributed by atoms with Gasteiger partial charge in [-0.25, -0.2) is 9.78 Å². The zero-order valence-electron chi connectivity index (χ0n) is 12.6. The molecule has 0 amide bonds. The Balaban J connectivity index is 2.75. The molecule has 0 bridgehead atoms. The lowest BCUT2D eigenvalue weighted by molar-refractivity contribution is 0.0527. The van der Waals surface area contributed by atoms with Crippen molar-refractivity contribution in [3.63, 3.8) is 0 Å². The summed E-state index contributed by atoms with van der Waals surface area (Å²) in [6.07, 6.45) is 1.57. The summed E-state index contributed by atoms with van der Waals surface area (Å²) < 4.78 is 6.85. The maximum absolute atomic E-state index is 12.1. The third kappa shape index (κ3) is 2.21. The molecular weight excluding hydrogens is 256 g/mol. The molecular formula is C14H20N4O2. The summed E-state index contributed by atoms with van der Waals surface area (Å²) in [5.41, 5.74) is 2.95. The highest BCUT2D eigenvalue weighted by atomic mass is 16.5. The summed E-state index contributed by atoms with van der Waals surface area (Å²) in [5.74, 6) is -0.347. The topological polar surface area (TPSA) is 60.2 Å². The van der Waals surface area contributed by atoms with Crippen molar-refractivity contribution in [1.29, 1.82) is 0 Å². The molecule has 0 aliphatic heterocycles. The normalized spacial score (nSPS) is 10.8. The van der Waals surface area contributed by atoms with Crippen LogP contribution in [0.5, 0.6) is 0 Å². The van der Waals surface area contributed by atoms with Crippen LogP contribution in [0.3, 0.4) is 0 Å². The van der Waals surface area contributed by atoms with Crippen LogP contribution in [0.2, 0.25) is 0 Å². The lowest BCUT2D eigenvalue weighted by Gasteiger charge is -2.21. The van der Waals surface area contributed by atoms with E-state index in [0.717, 1.165) is 29.0 Å². The molecule has 0 atom stereocenters. The lowest BCUT2D eigenvalue weighted by Crippen LogP contribution is -2.21. The molecule has 2 aromatic rings. The summed E-state index contributed by atoms with van der Waals surface area (Å²) in [7, 11) is 3.80. The fourth-order valence-electron chi connectivity index (χ4n) is 2.31. The summed E-state index contributed by atoms with van der Waals surface area (Å²) >= 11 is 0. The molecule has 0 saturated heterocycles. The van der Waals surface area contributed by atoms with Gasteiger partial charge < -0.3 is 9.64 Å². The first-order valence-electron chi connectivity index (χ1n) is 6.71. The van der Waals surface area contributed by atoms with Gasteiger partial charge in [-0.15, -0.1) is 0 Å². The van der Waals surface area contributed by atoms with Crippen molar-refractivity contribution < 1.29 is 9.53 Å². The third-order valence-electron chi connectivity index (χ3n) is 3.35. The largest absolute Gasteiger partial charge is 0.462 e. The summed E-state index contributed by atoms with van der Waals surface area (Å²) in [6, 6.07) is 0. The number of aryl methyl sites for hydroxylation is 2. The van der Waals surface area contributed by atoms with Crippen molar-refractivity contribution >= 4 is 22.7 Å². The van der Waals surface area contributed by atoms with Gasteiger partial charge in [0.1, 0.15) is 5.56 Å². The average Bonchev–Trinajstić information content (AvgIpc) is 2.72. The molecule has 0 aliphatic carbocycles. The van der Waals surface area contributed by atoms with Gasteiger partial charge in [0.15, 0.2) is 5.65 Å². The first-order valence-corrected chi connectivity index (χ1v) is 6.71. The number of carbonyl (C=O) groups excluding carboxylic acids is 1. The van der Waals surface area contributed by atoms with Crippen LogP contribution in [0, 0.1) is 6.92 Å². The zero-order chi connectivity index (χ0) is 14.9. The summed E-state index contributed by atoms with van der Waals surface area (Å²) in [6.45, 7) is 6.87. The van der Waals surface area contributed by atoms with Gasteiger partial charge in [-0.3, -0.25) is 4.68 Å². The molecule has 0 aliphatic rings. The van der Waals surface area contributed by atoms with Gasteiger partial charge in [0.25, 0.3) is 0 Å². The van der Waals surface area contributed by atoms with E-state index in [1.165, 1.54) is 0 Å². The highest BCUT2D eigenvalue weighted by Gasteiger charge is 2.22. The molecule has 6 nitrogen and oxygen atoms in total. The highest BCUT2D eigenvalue weighted by Crippen LogP contribution is 2.31. The van der Waals surface area contributed by atoms with Crippen LogP contribution in [-0.4, -0.2) is 40.9 Å². The number of aromatic nitrogens is 3. The Morgan fingerprint density at radius 1 is 1.45 bits per heavy atom. The second-order valence-electron chi connectivity index (χ2n) is 4.66. The number of fused-ring (bicyclic) bond motifs is 1. The monoisotopic (exact) mass is 276 g/mol. The van der Waals surface area contributed by atoms with E-state index in [4.69, 9.17) is 4.74 Å². The second kappa shape index (κ2) is 5.48. The van der Waals surface area contributed by atoms with E-state index in [9.17, 15) is 4.79 Å². The summed E-state index contributed by atoms with van der Waals surface area (Å²) in [4.78, 5) is 18.5. The van der Waals surface area contributed by atoms with E-state index in [-0.39, 0.29) is 5.97 Å². The van der Waals surface area contributed by atoms with Crippen molar-refractivity contribution in [3.05, 3.63) is 17.5 Å². The number of hydrogen-bond donors (Lipinski definition) is 0. The molecule has 2 aromatic heterocycles. The predicted molar refractivity (Wildman–Crippen MR) is 78.1 cm³/mol. The molecule has 0 spiro atoms. The fraction of sp³-hybridized carbons (Fsp3) is 0.500. The van der Waals surface area contributed by atoms with Crippen LogP contribution in [0.25, 0.3) is 11.0 Å². The fourth-order valence-corrected chi connectivity index (χ4v) is 2.31. The first-order chi connectivity index (χ1) is 9.51. The molecule has 6 heteroatoms. The molecule has 108 valence electrons. The molecule has 2 rings (SSSR count). The van der Waals surface area contributed by atoms with Crippen molar-refractivity contribution in [2.24, 2.45) is 7.05 Å². The number of anilines is 1. The van der Waals surface area contributed by atoms with Crippen LogP contribution in [0.4, 0.5) is 5.69 Å². The molecule has 0 fully saturated rings. The molecule has 0 N–H and O–H groups in total. The van der Waals surface area contributed by atoms with Gasteiger partial charge in [-0.1, -0.05) is 0 Å². The Kier molecular flexibility index (Phi) is 3.92. The van der Waals surface area contributed by atoms with Crippen LogP contribution in [0.15, 0.2) is 6.20 Å². The van der Waals surface area contributed by atoms with Gasteiger partial charge in [-0.2, -0.15) is 5.10 Å². The van der Waals surface area contributed by atoms with Crippen molar-refractivity contribution in [1.82, 2.24) is 14.8 Å². The van der Waals surface area contributed by atoms with Gasteiger partial charge >= 0.3 is 5.97 Å². The third-order valence-corrected chi connectivity index (χ3v) is 3.35. The van der Waals surface area contributed by atoms with Crippen LogP contribution >= 0.6 is 0 Å². The maximum Gasteiger partial charge on any atom is 0.341 e. The molecule has 20 heavy (non-hydrogen) atoms. The van der Waals surface area contributed by atoms with Crippen LogP contribution < -0.4 is 4.90 Å². The SMILES string of the molecule is CCOC(=O)c1cnc2c(c(C)nn2C)c1N(C)CC. The minimum atomic E-state index is -0.347. The standard InChI is InChI=1S/C14H20N4O2/c1-6-17(4)12-10(14(19)20-7-2)8-15-13-11(12)9(3)16-18(13)5/h8H,6-7H2,1-5H3. The number of pyridine rings is 1. The predicted octanol–water partition coefficient (Wildman–Crippen LogP) is 1.91. The van der Waals surface area contributed by atoms with Gasteiger partial charge in [0.2, 0.25) is 0 Å². The minimum Gasteiger partial charge on any atom is -0.462 e. The lowest BCUT2D eigenvalue weighted by atomic mass is 10.1. The number of rotatable bonds is 4. The number of ether oxygens (including phenoxy) is 1. The van der Waals surface area contributed by atoms with E-state index in [1.807, 2.05) is 32.8 Å². The molecule has 0 aromatic carbocycles. The van der Waals surface area contributed by atoms with Crippen molar-refractivity contribution in [3.8, 4) is 0 Å². The van der Waals surface area contributed by atoms with Gasteiger partial charge in [-0.05, 0) is 20.8 Å². The van der Waals surface area contributed by atoms with Crippen molar-refractivity contribution in [2.75, 3.05) is 25.1 Å². The molecule has 2 heterocycles. The first kappa shape index (κ1) is 14.3. The van der Waals surface area contributed by atoms with Gasteiger partial charge in [0, 0.05) is 26.8 Å². The highest BCUT2D eigenvalue weighted by molar-refractivity contribution is 6.05. The number of nitrogens with zero attached hydrogens (tertiary/aromatic N) is 4. The van der Waals surface area contributed by atoms with Crippen molar-refractivity contribution in [2.45, 2.75) is 20.8 Å². The quantitative estimate of drug-likeness (QED) is 0.798. The van der Waals surface area contributed by atoms with Crippen LogP contribution in [-0.2, 0) is 11.8 Å². The maximum atomic E-state index is 12.1. The molecule has 0 radical (unpaired) electrons. The zero-order valence-corrected chi connectivity index (χ0v) is 12.6. The Labute approximate surface area is 118 Å². The van der Waals surface area contributed by atoms with E-state index in [0.29, 0.717) is 12.2 Å². The van der Waals surface area contributed by atoms with E-state index < -0.39 is 0 Å². The van der Waals surface area contributed by atoms with E-state index in [1.54, 1.807) is 17.8 Å². The van der Waals surface area contributed by atoms with Gasteiger partial charge in [0.05, 0.1) is 23.4 Å². The smallest absolute Gasteiger partial charge is 0.341 e. The van der Waals surface area contributed by atoms with E-state index >= 15 is 0 Å². The number of carbonyl (C=O) groups is 1. The number of hydrogen-bond acceptors (Lipinski definition) is 5. The Morgan fingerprint density at radius 3 is 2.75 bits per heavy atom. The second-order valence-corrected chi connectivity index (χ2v) is 4.66.